The van der Waals surface area contributed by atoms with E-state index in [9.17, 15) is 4.79 Å². The van der Waals surface area contributed by atoms with Gasteiger partial charge in [0.25, 0.3) is 0 Å². The van der Waals surface area contributed by atoms with Crippen molar-refractivity contribution in [2.24, 2.45) is 5.92 Å². The lowest BCUT2D eigenvalue weighted by molar-refractivity contribution is -0.133. The Morgan fingerprint density at radius 3 is 2.44 bits per heavy atom. The van der Waals surface area contributed by atoms with Gasteiger partial charge in [-0.15, -0.1) is 0 Å². The molecule has 18 heavy (non-hydrogen) atoms. The third kappa shape index (κ3) is 2.54. The van der Waals surface area contributed by atoms with Crippen LogP contribution in [-0.4, -0.2) is 54.1 Å². The molecule has 1 aliphatic carbocycles. The van der Waals surface area contributed by atoms with E-state index in [1.807, 2.05) is 0 Å². The van der Waals surface area contributed by atoms with Gasteiger partial charge in [0.05, 0.1) is 11.7 Å². The monoisotopic (exact) mass is 253 g/mol. The smallest absolute Gasteiger partial charge is 0.244 e. The molecule has 1 spiro atoms. The Labute approximate surface area is 111 Å². The molecule has 2 aliphatic rings. The molecule has 0 radical (unpaired) electrons. The lowest BCUT2D eigenvalue weighted by atomic mass is 10.0. The quantitative estimate of drug-likeness (QED) is 0.801. The van der Waals surface area contributed by atoms with E-state index in [0.29, 0.717) is 17.9 Å². The van der Waals surface area contributed by atoms with Gasteiger partial charge in [-0.2, -0.15) is 0 Å². The molecule has 1 saturated heterocycles. The van der Waals surface area contributed by atoms with E-state index in [2.05, 4.69) is 50.0 Å². The largest absolute Gasteiger partial charge is 0.322 e. The first-order chi connectivity index (χ1) is 8.35. The van der Waals surface area contributed by atoms with E-state index < -0.39 is 0 Å². The van der Waals surface area contributed by atoms with Crippen molar-refractivity contribution in [2.75, 3.05) is 20.6 Å². The van der Waals surface area contributed by atoms with E-state index in [4.69, 9.17) is 0 Å². The molecule has 1 aliphatic heterocycles. The maximum Gasteiger partial charge on any atom is 0.244 e. The van der Waals surface area contributed by atoms with E-state index in [0.717, 1.165) is 25.8 Å². The van der Waals surface area contributed by atoms with Gasteiger partial charge in [0.15, 0.2) is 0 Å². The number of carbonyl (C=O) groups is 1. The lowest BCUT2D eigenvalue weighted by Crippen LogP contribution is -2.48. The summed E-state index contributed by atoms with van der Waals surface area (Å²) in [5.74, 6) is 0.952. The number of rotatable bonds is 5. The van der Waals surface area contributed by atoms with E-state index >= 15 is 0 Å². The van der Waals surface area contributed by atoms with Gasteiger partial charge in [0.2, 0.25) is 5.91 Å². The maximum absolute atomic E-state index is 12.5. The van der Waals surface area contributed by atoms with Crippen LogP contribution < -0.4 is 5.32 Å². The molecular formula is C14H27N3O. The predicted molar refractivity (Wildman–Crippen MR) is 73.2 cm³/mol. The van der Waals surface area contributed by atoms with Crippen molar-refractivity contribution in [1.29, 1.82) is 0 Å². The number of carbonyl (C=O) groups excluding carboxylic acids is 1. The van der Waals surface area contributed by atoms with E-state index in [-0.39, 0.29) is 11.7 Å². The van der Waals surface area contributed by atoms with Crippen molar-refractivity contribution in [3.05, 3.63) is 0 Å². The van der Waals surface area contributed by atoms with Crippen molar-refractivity contribution in [1.82, 2.24) is 15.1 Å². The highest BCUT2D eigenvalue weighted by molar-refractivity contribution is 5.92. The molecule has 104 valence electrons. The van der Waals surface area contributed by atoms with Crippen LogP contribution >= 0.6 is 0 Å². The van der Waals surface area contributed by atoms with Gasteiger partial charge in [-0.25, -0.2) is 0 Å². The van der Waals surface area contributed by atoms with Crippen LogP contribution in [0.3, 0.4) is 0 Å². The summed E-state index contributed by atoms with van der Waals surface area (Å²) >= 11 is 0. The fourth-order valence-corrected chi connectivity index (χ4v) is 3.16. The SMILES string of the molecule is CC(C)CC(CN(C)C)N1C(=O)C2(CC2)NC1C. The summed E-state index contributed by atoms with van der Waals surface area (Å²) in [6.45, 7) is 7.53. The minimum atomic E-state index is -0.180. The third-order valence-corrected chi connectivity index (χ3v) is 4.01. The van der Waals surface area contributed by atoms with Crippen molar-refractivity contribution in [2.45, 2.75) is 57.8 Å². The van der Waals surface area contributed by atoms with Gasteiger partial charge >= 0.3 is 0 Å². The fraction of sp³-hybridized carbons (Fsp3) is 0.929. The lowest BCUT2D eigenvalue weighted by Gasteiger charge is -2.34. The maximum atomic E-state index is 12.5. The van der Waals surface area contributed by atoms with Gasteiger partial charge in [-0.1, -0.05) is 13.8 Å². The number of hydrogen-bond donors (Lipinski definition) is 1. The van der Waals surface area contributed by atoms with Crippen molar-refractivity contribution >= 4 is 5.91 Å². The second-order valence-corrected chi connectivity index (χ2v) is 6.66. The molecule has 0 aromatic rings. The highest BCUT2D eigenvalue weighted by Gasteiger charge is 2.59. The standard InChI is InChI=1S/C14H27N3O/c1-10(2)8-12(9-16(4)5)17-11(3)15-14(6-7-14)13(17)18/h10-12,15H,6-9H2,1-5H3. The summed E-state index contributed by atoms with van der Waals surface area (Å²) in [6.07, 6.45) is 3.29. The normalized spacial score (nSPS) is 27.6. The van der Waals surface area contributed by atoms with Crippen molar-refractivity contribution < 1.29 is 4.79 Å². The first-order valence-electron chi connectivity index (χ1n) is 7.11. The second-order valence-electron chi connectivity index (χ2n) is 6.66. The van der Waals surface area contributed by atoms with E-state index in [1.54, 1.807) is 0 Å². The van der Waals surface area contributed by atoms with Crippen LogP contribution in [0.1, 0.15) is 40.0 Å². The molecule has 4 nitrogen and oxygen atoms in total. The molecule has 2 unspecified atom stereocenters. The minimum absolute atomic E-state index is 0.180. The first kappa shape index (κ1) is 13.8. The van der Waals surface area contributed by atoms with Crippen LogP contribution in [0.25, 0.3) is 0 Å². The predicted octanol–water partition coefficient (Wildman–Crippen LogP) is 1.27. The van der Waals surface area contributed by atoms with Crippen LogP contribution in [0.15, 0.2) is 0 Å². The molecule has 1 N–H and O–H groups in total. The van der Waals surface area contributed by atoms with Crippen LogP contribution in [0, 0.1) is 5.92 Å². The Morgan fingerprint density at radius 2 is 2.06 bits per heavy atom. The minimum Gasteiger partial charge on any atom is -0.322 e. The van der Waals surface area contributed by atoms with Gasteiger partial charge in [-0.3, -0.25) is 10.1 Å². The molecule has 1 heterocycles. The van der Waals surface area contributed by atoms with Gasteiger partial charge in [0.1, 0.15) is 0 Å². The zero-order valence-corrected chi connectivity index (χ0v) is 12.4. The topological polar surface area (TPSA) is 35.6 Å². The van der Waals surface area contributed by atoms with Gasteiger partial charge in [-0.05, 0) is 46.2 Å². The molecule has 2 fully saturated rings. The van der Waals surface area contributed by atoms with Crippen LogP contribution in [0.4, 0.5) is 0 Å². The molecular weight excluding hydrogens is 226 g/mol. The van der Waals surface area contributed by atoms with Crippen molar-refractivity contribution in [3.8, 4) is 0 Å². The Morgan fingerprint density at radius 1 is 1.44 bits per heavy atom. The Hall–Kier alpha value is -0.610. The van der Waals surface area contributed by atoms with Gasteiger partial charge < -0.3 is 9.80 Å². The van der Waals surface area contributed by atoms with Crippen LogP contribution in [0.5, 0.6) is 0 Å². The van der Waals surface area contributed by atoms with E-state index in [1.165, 1.54) is 0 Å². The Balaban J connectivity index is 2.11. The molecule has 2 atom stereocenters. The zero-order valence-electron chi connectivity index (χ0n) is 12.4. The molecule has 4 heteroatoms. The summed E-state index contributed by atoms with van der Waals surface area (Å²) in [6, 6.07) is 0.329. The first-order valence-corrected chi connectivity index (χ1v) is 7.11. The number of amides is 1. The summed E-state index contributed by atoms with van der Waals surface area (Å²) in [7, 11) is 4.16. The Bertz CT molecular complexity index is 313. The molecule has 0 aromatic carbocycles. The Kier molecular flexibility index (Phi) is 3.70. The zero-order chi connectivity index (χ0) is 13.5. The average molecular weight is 253 g/mol. The summed E-state index contributed by atoms with van der Waals surface area (Å²) in [5.41, 5.74) is -0.180. The molecule has 1 saturated carbocycles. The fourth-order valence-electron chi connectivity index (χ4n) is 3.16. The number of nitrogens with one attached hydrogen (secondary N) is 1. The number of hydrogen-bond acceptors (Lipinski definition) is 3. The third-order valence-electron chi connectivity index (χ3n) is 4.01. The van der Waals surface area contributed by atoms with Crippen LogP contribution in [-0.2, 0) is 4.79 Å². The average Bonchev–Trinajstić information content (AvgIpc) is 2.91. The summed E-state index contributed by atoms with van der Waals surface area (Å²) < 4.78 is 0. The molecule has 0 aromatic heterocycles. The highest BCUT2D eigenvalue weighted by atomic mass is 16.2. The second kappa shape index (κ2) is 4.82. The molecule has 2 rings (SSSR count). The van der Waals surface area contributed by atoms with Crippen molar-refractivity contribution in [3.63, 3.8) is 0 Å². The van der Waals surface area contributed by atoms with Gasteiger partial charge in [0, 0.05) is 12.6 Å². The number of likely N-dealkylation sites (N-methyl/N-ethyl adjacent to an activating group) is 1. The molecule has 0 bridgehead atoms. The number of nitrogens with zero attached hydrogens (tertiary/aromatic N) is 2. The molecule has 1 amide bonds. The van der Waals surface area contributed by atoms with Crippen LogP contribution in [0.2, 0.25) is 0 Å². The summed E-state index contributed by atoms with van der Waals surface area (Å²) in [4.78, 5) is 16.8. The summed E-state index contributed by atoms with van der Waals surface area (Å²) in [5, 5.41) is 3.49. The highest BCUT2D eigenvalue weighted by Crippen LogP contribution is 2.43.